The number of halogens is 1. The zero-order valence-corrected chi connectivity index (χ0v) is 19.1. The quantitative estimate of drug-likeness (QED) is 0.418. The Morgan fingerprint density at radius 2 is 2.10 bits per heavy atom. The standard InChI is InChI=1S/C22H26IN5O2/c1-30-18-11-15(10-17(23)12-18)13-24-19-8-5-9-28(14-20-25-22(29)27-26-20)21(19)16-6-3-2-4-7-16/h2-4,6-7,10-12,19,21,24H,5,8-9,13-14H2,1H3,(H2,25,26,27,29)/t19-,21-/m0/s1. The minimum Gasteiger partial charge on any atom is -0.497 e. The number of likely N-dealkylation sites (tertiary alicyclic amines) is 1. The Kier molecular flexibility index (Phi) is 6.86. The van der Waals surface area contributed by atoms with Crippen molar-refractivity contribution in [2.45, 2.75) is 38.0 Å². The van der Waals surface area contributed by atoms with E-state index in [2.05, 4.69) is 84.4 Å². The maximum absolute atomic E-state index is 11.5. The summed E-state index contributed by atoms with van der Waals surface area (Å²) in [4.78, 5) is 16.7. The first kappa shape index (κ1) is 21.1. The van der Waals surface area contributed by atoms with E-state index in [-0.39, 0.29) is 17.8 Å². The number of methoxy groups -OCH3 is 1. The van der Waals surface area contributed by atoms with Crippen molar-refractivity contribution >= 4 is 22.6 Å². The molecule has 3 N–H and O–H groups in total. The van der Waals surface area contributed by atoms with E-state index in [9.17, 15) is 4.79 Å². The number of piperidine rings is 1. The van der Waals surface area contributed by atoms with Crippen molar-refractivity contribution < 1.29 is 4.74 Å². The second-order valence-corrected chi connectivity index (χ2v) is 8.82. The number of aromatic amines is 2. The summed E-state index contributed by atoms with van der Waals surface area (Å²) in [6.07, 6.45) is 2.18. The van der Waals surface area contributed by atoms with Crippen LogP contribution in [0.4, 0.5) is 0 Å². The van der Waals surface area contributed by atoms with Gasteiger partial charge in [0.2, 0.25) is 0 Å². The van der Waals surface area contributed by atoms with Gasteiger partial charge in [0.1, 0.15) is 11.6 Å². The lowest BCUT2D eigenvalue weighted by Crippen LogP contribution is -2.47. The number of aromatic nitrogens is 3. The van der Waals surface area contributed by atoms with Crippen molar-refractivity contribution in [1.82, 2.24) is 25.4 Å². The molecule has 0 bridgehead atoms. The molecular weight excluding hydrogens is 493 g/mol. The van der Waals surface area contributed by atoms with E-state index in [0.717, 1.165) is 35.3 Å². The van der Waals surface area contributed by atoms with E-state index in [0.29, 0.717) is 12.4 Å². The highest BCUT2D eigenvalue weighted by atomic mass is 127. The minimum atomic E-state index is -0.263. The molecule has 158 valence electrons. The average Bonchev–Trinajstić information content (AvgIpc) is 3.17. The summed E-state index contributed by atoms with van der Waals surface area (Å²) < 4.78 is 6.59. The van der Waals surface area contributed by atoms with Crippen LogP contribution in [0.1, 0.15) is 35.8 Å². The molecule has 0 aliphatic carbocycles. The van der Waals surface area contributed by atoms with Crippen molar-refractivity contribution in [2.24, 2.45) is 0 Å². The summed E-state index contributed by atoms with van der Waals surface area (Å²) >= 11 is 2.32. The van der Waals surface area contributed by atoms with Crippen LogP contribution in [0.25, 0.3) is 0 Å². The van der Waals surface area contributed by atoms with Crippen LogP contribution in [-0.2, 0) is 13.1 Å². The predicted molar refractivity (Wildman–Crippen MR) is 124 cm³/mol. The lowest BCUT2D eigenvalue weighted by Gasteiger charge is -2.41. The molecule has 3 aromatic rings. The van der Waals surface area contributed by atoms with Crippen LogP contribution < -0.4 is 15.7 Å². The van der Waals surface area contributed by atoms with Crippen molar-refractivity contribution in [3.8, 4) is 5.75 Å². The number of ether oxygens (including phenoxy) is 1. The molecule has 2 aromatic carbocycles. The van der Waals surface area contributed by atoms with Crippen LogP contribution in [-0.4, -0.2) is 39.8 Å². The van der Waals surface area contributed by atoms with E-state index in [1.165, 1.54) is 11.1 Å². The monoisotopic (exact) mass is 519 g/mol. The minimum absolute atomic E-state index is 0.199. The van der Waals surface area contributed by atoms with Gasteiger partial charge in [-0.1, -0.05) is 30.3 Å². The van der Waals surface area contributed by atoms with Crippen LogP contribution in [0.2, 0.25) is 0 Å². The summed E-state index contributed by atoms with van der Waals surface area (Å²) in [6, 6.07) is 17.4. The fraction of sp³-hybridized carbons (Fsp3) is 0.364. The third kappa shape index (κ3) is 5.11. The molecule has 0 radical (unpaired) electrons. The molecule has 0 unspecified atom stereocenters. The first-order chi connectivity index (χ1) is 14.6. The number of nitrogens with one attached hydrogen (secondary N) is 3. The van der Waals surface area contributed by atoms with Gasteiger partial charge in [0.15, 0.2) is 0 Å². The van der Waals surface area contributed by atoms with Crippen LogP contribution in [0.3, 0.4) is 0 Å². The molecule has 0 saturated carbocycles. The molecule has 1 aliphatic heterocycles. The van der Waals surface area contributed by atoms with E-state index >= 15 is 0 Å². The van der Waals surface area contributed by atoms with Crippen molar-refractivity contribution in [1.29, 1.82) is 0 Å². The fourth-order valence-electron chi connectivity index (χ4n) is 4.21. The number of rotatable bonds is 7. The summed E-state index contributed by atoms with van der Waals surface area (Å²) in [5.41, 5.74) is 2.22. The van der Waals surface area contributed by atoms with Gasteiger partial charge in [-0.25, -0.2) is 9.89 Å². The summed E-state index contributed by atoms with van der Waals surface area (Å²) in [7, 11) is 1.70. The smallest absolute Gasteiger partial charge is 0.340 e. The second-order valence-electron chi connectivity index (χ2n) is 7.58. The van der Waals surface area contributed by atoms with Crippen LogP contribution in [0, 0.1) is 3.57 Å². The van der Waals surface area contributed by atoms with Gasteiger partial charge in [0.25, 0.3) is 0 Å². The first-order valence-electron chi connectivity index (χ1n) is 10.1. The molecule has 2 atom stereocenters. The number of H-pyrrole nitrogens is 2. The Bertz CT molecular complexity index is 1020. The Hall–Kier alpha value is -2.17. The Balaban J connectivity index is 1.55. The molecule has 1 aliphatic rings. The largest absolute Gasteiger partial charge is 0.497 e. The third-order valence-corrected chi connectivity index (χ3v) is 6.14. The summed E-state index contributed by atoms with van der Waals surface area (Å²) in [6.45, 7) is 2.34. The Labute approximate surface area is 189 Å². The van der Waals surface area contributed by atoms with Gasteiger partial charge in [0, 0.05) is 16.2 Å². The highest BCUT2D eigenvalue weighted by Crippen LogP contribution is 2.32. The molecule has 0 spiro atoms. The lowest BCUT2D eigenvalue weighted by atomic mass is 9.90. The van der Waals surface area contributed by atoms with Gasteiger partial charge in [-0.15, -0.1) is 0 Å². The molecule has 1 saturated heterocycles. The number of hydrogen-bond donors (Lipinski definition) is 3. The molecule has 4 rings (SSSR count). The topological polar surface area (TPSA) is 86.0 Å². The number of benzene rings is 2. The van der Waals surface area contributed by atoms with Crippen LogP contribution in [0.5, 0.6) is 5.75 Å². The van der Waals surface area contributed by atoms with E-state index in [1.54, 1.807) is 7.11 Å². The van der Waals surface area contributed by atoms with E-state index in [4.69, 9.17) is 4.74 Å². The van der Waals surface area contributed by atoms with Crippen LogP contribution in [0.15, 0.2) is 53.3 Å². The molecule has 7 nitrogen and oxygen atoms in total. The van der Waals surface area contributed by atoms with Gasteiger partial charge in [0.05, 0.1) is 19.7 Å². The molecule has 1 fully saturated rings. The average molecular weight is 519 g/mol. The highest BCUT2D eigenvalue weighted by molar-refractivity contribution is 14.1. The number of nitrogens with zero attached hydrogens (tertiary/aromatic N) is 2. The fourth-order valence-corrected chi connectivity index (χ4v) is 4.92. The van der Waals surface area contributed by atoms with E-state index in [1.807, 2.05) is 12.1 Å². The highest BCUT2D eigenvalue weighted by Gasteiger charge is 2.32. The van der Waals surface area contributed by atoms with Gasteiger partial charge in [-0.2, -0.15) is 5.10 Å². The molecule has 2 heterocycles. The molecule has 8 heteroatoms. The van der Waals surface area contributed by atoms with Gasteiger partial charge in [-0.05, 0) is 71.3 Å². The lowest BCUT2D eigenvalue weighted by molar-refractivity contribution is 0.100. The first-order valence-corrected chi connectivity index (χ1v) is 11.2. The molecule has 0 amide bonds. The zero-order chi connectivity index (χ0) is 20.9. The predicted octanol–water partition coefficient (Wildman–Crippen LogP) is 3.21. The van der Waals surface area contributed by atoms with Crippen molar-refractivity contribution in [3.63, 3.8) is 0 Å². The third-order valence-electron chi connectivity index (χ3n) is 5.51. The molecule has 1 aromatic heterocycles. The van der Waals surface area contributed by atoms with Crippen molar-refractivity contribution in [2.75, 3.05) is 13.7 Å². The van der Waals surface area contributed by atoms with Crippen LogP contribution >= 0.6 is 22.6 Å². The zero-order valence-electron chi connectivity index (χ0n) is 16.9. The SMILES string of the molecule is COc1cc(I)cc(CN[C@H]2CCCN(Cc3n[nH]c(=O)[nH]3)[C@H]2c2ccccc2)c1. The van der Waals surface area contributed by atoms with Gasteiger partial charge in [-0.3, -0.25) is 9.88 Å². The summed E-state index contributed by atoms with van der Waals surface area (Å²) in [5, 5.41) is 10.4. The molecule has 30 heavy (non-hydrogen) atoms. The Morgan fingerprint density at radius 3 is 2.83 bits per heavy atom. The maximum Gasteiger partial charge on any atom is 0.340 e. The normalized spacial score (nSPS) is 19.7. The van der Waals surface area contributed by atoms with Crippen molar-refractivity contribution in [3.05, 3.63) is 79.5 Å². The number of hydrogen-bond acceptors (Lipinski definition) is 5. The molecular formula is C22H26IN5O2. The van der Waals surface area contributed by atoms with E-state index < -0.39 is 0 Å². The van der Waals surface area contributed by atoms with Gasteiger partial charge >= 0.3 is 5.69 Å². The second kappa shape index (κ2) is 9.76. The maximum atomic E-state index is 11.5. The Morgan fingerprint density at radius 1 is 1.27 bits per heavy atom. The van der Waals surface area contributed by atoms with Gasteiger partial charge < -0.3 is 10.1 Å². The summed E-state index contributed by atoms with van der Waals surface area (Å²) in [5.74, 6) is 1.55.